The molecule has 0 aliphatic heterocycles. The quantitative estimate of drug-likeness (QED) is 0.747. The summed E-state index contributed by atoms with van der Waals surface area (Å²) in [6, 6.07) is 11.6. The van der Waals surface area contributed by atoms with E-state index in [-0.39, 0.29) is 11.3 Å². The van der Waals surface area contributed by atoms with Crippen molar-refractivity contribution in [3.8, 4) is 5.75 Å². The van der Waals surface area contributed by atoms with Gasteiger partial charge in [0.1, 0.15) is 5.75 Å². The molecule has 0 aromatic heterocycles. The predicted octanol–water partition coefficient (Wildman–Crippen LogP) is 2.99. The fraction of sp³-hybridized carbons (Fsp3) is 0. The molecular formula is C13H11BrN2O2. The predicted molar refractivity (Wildman–Crippen MR) is 74.6 cm³/mol. The molecule has 0 saturated heterocycles. The summed E-state index contributed by atoms with van der Waals surface area (Å²) in [4.78, 5) is 12.0. The summed E-state index contributed by atoms with van der Waals surface area (Å²) in [6.07, 6.45) is 0. The van der Waals surface area contributed by atoms with Crippen LogP contribution in [-0.4, -0.2) is 11.0 Å². The topological polar surface area (TPSA) is 75.3 Å². The molecule has 0 fully saturated rings. The van der Waals surface area contributed by atoms with E-state index in [4.69, 9.17) is 5.73 Å². The summed E-state index contributed by atoms with van der Waals surface area (Å²) < 4.78 is 0.714. The maximum absolute atomic E-state index is 12.0. The highest BCUT2D eigenvalue weighted by Gasteiger charge is 2.12. The summed E-state index contributed by atoms with van der Waals surface area (Å²) in [5.41, 5.74) is 6.90. The molecule has 5 heteroatoms. The van der Waals surface area contributed by atoms with Gasteiger partial charge in [0.2, 0.25) is 0 Å². The molecule has 1 amide bonds. The number of rotatable bonds is 2. The van der Waals surface area contributed by atoms with Crippen molar-refractivity contribution >= 4 is 33.2 Å². The second kappa shape index (κ2) is 5.10. The van der Waals surface area contributed by atoms with Crippen molar-refractivity contribution in [2.24, 2.45) is 0 Å². The molecule has 0 aliphatic carbocycles. The summed E-state index contributed by atoms with van der Waals surface area (Å²) in [5.74, 6) is -0.489. The summed E-state index contributed by atoms with van der Waals surface area (Å²) >= 11 is 3.25. The molecule has 4 N–H and O–H groups in total. The number of carbonyl (C=O) groups is 1. The number of benzene rings is 2. The van der Waals surface area contributed by atoms with Crippen LogP contribution in [0.2, 0.25) is 0 Å². The Morgan fingerprint density at radius 2 is 1.94 bits per heavy atom. The van der Waals surface area contributed by atoms with E-state index in [1.54, 1.807) is 36.4 Å². The number of carbonyl (C=O) groups excluding carboxylic acids is 1. The Kier molecular flexibility index (Phi) is 3.53. The van der Waals surface area contributed by atoms with Crippen LogP contribution in [-0.2, 0) is 0 Å². The molecule has 0 heterocycles. The molecule has 2 aromatic rings. The third-order valence-electron chi connectivity index (χ3n) is 2.41. The van der Waals surface area contributed by atoms with Gasteiger partial charge in [0.05, 0.1) is 16.9 Å². The van der Waals surface area contributed by atoms with E-state index >= 15 is 0 Å². The largest absolute Gasteiger partial charge is 0.507 e. The van der Waals surface area contributed by atoms with E-state index in [1.165, 1.54) is 6.07 Å². The molecule has 0 spiro atoms. The summed E-state index contributed by atoms with van der Waals surface area (Å²) in [5, 5.41) is 12.3. The fourth-order valence-corrected chi connectivity index (χ4v) is 1.85. The lowest BCUT2D eigenvalue weighted by molar-refractivity contribution is 0.102. The van der Waals surface area contributed by atoms with Crippen LogP contribution in [0.5, 0.6) is 5.75 Å². The van der Waals surface area contributed by atoms with Gasteiger partial charge in [-0.2, -0.15) is 0 Å². The van der Waals surface area contributed by atoms with Crippen LogP contribution >= 0.6 is 15.9 Å². The van der Waals surface area contributed by atoms with E-state index in [1.807, 2.05) is 0 Å². The van der Waals surface area contributed by atoms with Gasteiger partial charge in [-0.1, -0.05) is 28.1 Å². The number of aromatic hydroxyl groups is 1. The molecule has 2 rings (SSSR count). The van der Waals surface area contributed by atoms with Crippen LogP contribution in [0.4, 0.5) is 11.4 Å². The molecule has 0 bridgehead atoms. The number of anilines is 2. The first kappa shape index (κ1) is 12.4. The van der Waals surface area contributed by atoms with E-state index < -0.39 is 5.91 Å². The van der Waals surface area contributed by atoms with Crippen molar-refractivity contribution in [3.63, 3.8) is 0 Å². The number of halogens is 1. The molecule has 0 unspecified atom stereocenters. The number of para-hydroxylation sites is 2. The molecule has 0 aliphatic rings. The van der Waals surface area contributed by atoms with Crippen molar-refractivity contribution < 1.29 is 9.90 Å². The maximum Gasteiger partial charge on any atom is 0.259 e. The second-order valence-electron chi connectivity index (χ2n) is 3.70. The fourth-order valence-electron chi connectivity index (χ4n) is 1.49. The Morgan fingerprint density at radius 3 is 2.67 bits per heavy atom. The molecule has 0 atom stereocenters. The van der Waals surface area contributed by atoms with Crippen LogP contribution in [0.15, 0.2) is 46.9 Å². The lowest BCUT2D eigenvalue weighted by Crippen LogP contribution is -2.13. The lowest BCUT2D eigenvalue weighted by atomic mass is 10.2. The van der Waals surface area contributed by atoms with Crippen LogP contribution in [0.3, 0.4) is 0 Å². The van der Waals surface area contributed by atoms with Crippen LogP contribution in [0.1, 0.15) is 10.4 Å². The number of nitrogens with one attached hydrogen (secondary N) is 1. The number of nitrogens with two attached hydrogens (primary N) is 1. The first-order chi connectivity index (χ1) is 8.58. The minimum Gasteiger partial charge on any atom is -0.507 e. The number of phenols is 1. The van der Waals surface area contributed by atoms with Gasteiger partial charge in [0.25, 0.3) is 5.91 Å². The number of hydrogen-bond acceptors (Lipinski definition) is 3. The highest BCUT2D eigenvalue weighted by atomic mass is 79.9. The third kappa shape index (κ3) is 2.62. The van der Waals surface area contributed by atoms with E-state index in [2.05, 4.69) is 21.2 Å². The summed E-state index contributed by atoms with van der Waals surface area (Å²) in [6.45, 7) is 0. The molecule has 0 saturated carbocycles. The Hall–Kier alpha value is -2.01. The highest BCUT2D eigenvalue weighted by molar-refractivity contribution is 9.10. The third-order valence-corrected chi connectivity index (χ3v) is 2.91. The normalized spacial score (nSPS) is 10.1. The average molecular weight is 307 g/mol. The monoisotopic (exact) mass is 306 g/mol. The number of phenolic OH excluding ortho intramolecular Hbond substituents is 1. The molecule has 0 radical (unpaired) electrons. The lowest BCUT2D eigenvalue weighted by Gasteiger charge is -2.09. The molecule has 92 valence electrons. The maximum atomic E-state index is 12.0. The van der Waals surface area contributed by atoms with Gasteiger partial charge in [0.15, 0.2) is 0 Å². The Bertz CT molecular complexity index is 599. The zero-order chi connectivity index (χ0) is 13.1. The van der Waals surface area contributed by atoms with Crippen molar-refractivity contribution in [1.82, 2.24) is 0 Å². The van der Waals surface area contributed by atoms with Gasteiger partial charge < -0.3 is 16.2 Å². The molecule has 2 aromatic carbocycles. The average Bonchev–Trinajstić information content (AvgIpc) is 2.35. The van der Waals surface area contributed by atoms with Gasteiger partial charge in [-0.25, -0.2) is 0 Å². The van der Waals surface area contributed by atoms with Gasteiger partial charge in [-0.05, 0) is 30.3 Å². The van der Waals surface area contributed by atoms with Crippen LogP contribution < -0.4 is 11.1 Å². The van der Waals surface area contributed by atoms with E-state index in [0.717, 1.165) is 0 Å². The number of amides is 1. The first-order valence-corrected chi connectivity index (χ1v) is 6.01. The first-order valence-electron chi connectivity index (χ1n) is 5.22. The Balaban J connectivity index is 2.28. The SMILES string of the molecule is Nc1ccccc1NC(=O)c1cc(Br)ccc1O. The van der Waals surface area contributed by atoms with Crippen molar-refractivity contribution in [1.29, 1.82) is 0 Å². The van der Waals surface area contributed by atoms with Crippen LogP contribution in [0, 0.1) is 0 Å². The number of nitrogen functional groups attached to an aromatic ring is 1. The van der Waals surface area contributed by atoms with E-state index in [0.29, 0.717) is 15.8 Å². The standard InChI is InChI=1S/C13H11BrN2O2/c14-8-5-6-12(17)9(7-8)13(18)16-11-4-2-1-3-10(11)15/h1-7,17H,15H2,(H,16,18). The molecule has 4 nitrogen and oxygen atoms in total. The molecular weight excluding hydrogens is 296 g/mol. The minimum atomic E-state index is -0.410. The van der Waals surface area contributed by atoms with Crippen molar-refractivity contribution in [2.75, 3.05) is 11.1 Å². The summed E-state index contributed by atoms with van der Waals surface area (Å²) in [7, 11) is 0. The van der Waals surface area contributed by atoms with E-state index in [9.17, 15) is 9.90 Å². The Morgan fingerprint density at radius 1 is 1.22 bits per heavy atom. The number of hydrogen-bond donors (Lipinski definition) is 3. The van der Waals surface area contributed by atoms with Gasteiger partial charge in [-0.3, -0.25) is 4.79 Å². The Labute approximate surface area is 113 Å². The van der Waals surface area contributed by atoms with Crippen molar-refractivity contribution in [2.45, 2.75) is 0 Å². The zero-order valence-electron chi connectivity index (χ0n) is 9.35. The van der Waals surface area contributed by atoms with Crippen LogP contribution in [0.25, 0.3) is 0 Å². The highest BCUT2D eigenvalue weighted by Crippen LogP contribution is 2.24. The van der Waals surface area contributed by atoms with Crippen molar-refractivity contribution in [3.05, 3.63) is 52.5 Å². The smallest absolute Gasteiger partial charge is 0.259 e. The van der Waals surface area contributed by atoms with Gasteiger partial charge in [0, 0.05) is 4.47 Å². The van der Waals surface area contributed by atoms with Gasteiger partial charge in [-0.15, -0.1) is 0 Å². The minimum absolute atomic E-state index is 0.0785. The van der Waals surface area contributed by atoms with Gasteiger partial charge >= 0.3 is 0 Å². The second-order valence-corrected chi connectivity index (χ2v) is 4.62. The molecule has 18 heavy (non-hydrogen) atoms. The zero-order valence-corrected chi connectivity index (χ0v) is 10.9.